The molecule has 0 aliphatic heterocycles. The molecule has 0 radical (unpaired) electrons. The van der Waals surface area contributed by atoms with Gasteiger partial charge in [-0.1, -0.05) is 12.2 Å². The second kappa shape index (κ2) is 7.76. The van der Waals surface area contributed by atoms with Crippen LogP contribution >= 0.6 is 12.2 Å². The zero-order chi connectivity index (χ0) is 15.1. The van der Waals surface area contributed by atoms with Gasteiger partial charge in [0, 0.05) is 24.9 Å². The van der Waals surface area contributed by atoms with Gasteiger partial charge in [-0.25, -0.2) is 4.98 Å². The molecular formula is C13H20N4O2S. The van der Waals surface area contributed by atoms with Gasteiger partial charge in [-0.05, 0) is 26.0 Å². The van der Waals surface area contributed by atoms with E-state index in [2.05, 4.69) is 15.6 Å². The molecule has 4 N–H and O–H groups in total. The first-order valence-corrected chi connectivity index (χ1v) is 6.66. The topological polar surface area (TPSA) is 89.3 Å². The standard InChI is InChI=1S/C13H20N4O2S/c1-8-6-10(12(14)20)7-11(16-8)17-9(2)13(18)15-4-5-19-3/h6-7,9H,4-5H2,1-3H3,(H2,14,20)(H,15,18)(H,16,17). The average molecular weight is 296 g/mol. The lowest BCUT2D eigenvalue weighted by atomic mass is 10.2. The number of aromatic nitrogens is 1. The van der Waals surface area contributed by atoms with E-state index in [1.54, 1.807) is 26.2 Å². The number of ether oxygens (including phenoxy) is 1. The number of hydrogen-bond donors (Lipinski definition) is 3. The molecule has 0 saturated heterocycles. The van der Waals surface area contributed by atoms with Crippen molar-refractivity contribution in [3.05, 3.63) is 23.4 Å². The molecule has 0 saturated carbocycles. The lowest BCUT2D eigenvalue weighted by molar-refractivity contribution is -0.121. The lowest BCUT2D eigenvalue weighted by Crippen LogP contribution is -2.39. The maximum absolute atomic E-state index is 11.8. The van der Waals surface area contributed by atoms with Crippen LogP contribution in [0.2, 0.25) is 0 Å². The molecule has 20 heavy (non-hydrogen) atoms. The number of methoxy groups -OCH3 is 1. The van der Waals surface area contributed by atoms with Gasteiger partial charge < -0.3 is 21.1 Å². The SMILES string of the molecule is COCCNC(=O)C(C)Nc1cc(C(N)=S)cc(C)n1. The molecule has 1 unspecified atom stereocenters. The highest BCUT2D eigenvalue weighted by molar-refractivity contribution is 7.80. The predicted octanol–water partition coefficient (Wildman–Crippen LogP) is 0.587. The molecule has 1 aromatic rings. The van der Waals surface area contributed by atoms with Crippen molar-refractivity contribution in [2.75, 3.05) is 25.6 Å². The van der Waals surface area contributed by atoms with Crippen molar-refractivity contribution in [2.45, 2.75) is 19.9 Å². The van der Waals surface area contributed by atoms with Crippen LogP contribution in [0.25, 0.3) is 0 Å². The summed E-state index contributed by atoms with van der Waals surface area (Å²) in [5.74, 6) is 0.449. The molecule has 1 aromatic heterocycles. The number of pyridine rings is 1. The highest BCUT2D eigenvalue weighted by atomic mass is 32.1. The highest BCUT2D eigenvalue weighted by Crippen LogP contribution is 2.11. The van der Waals surface area contributed by atoms with Gasteiger partial charge in [-0.15, -0.1) is 0 Å². The van der Waals surface area contributed by atoms with Gasteiger partial charge in [-0.3, -0.25) is 4.79 Å². The van der Waals surface area contributed by atoms with E-state index in [0.29, 0.717) is 24.0 Å². The number of carbonyl (C=O) groups excluding carboxylic acids is 1. The number of nitrogens with zero attached hydrogens (tertiary/aromatic N) is 1. The molecule has 0 spiro atoms. The maximum Gasteiger partial charge on any atom is 0.242 e. The average Bonchev–Trinajstić information content (AvgIpc) is 2.38. The lowest BCUT2D eigenvalue weighted by Gasteiger charge is -2.15. The van der Waals surface area contributed by atoms with Gasteiger partial charge in [0.25, 0.3) is 0 Å². The number of rotatable bonds is 7. The Morgan fingerprint density at radius 3 is 2.85 bits per heavy atom. The number of thiocarbonyl (C=S) groups is 1. The van der Waals surface area contributed by atoms with Crippen LogP contribution in [0.5, 0.6) is 0 Å². The van der Waals surface area contributed by atoms with Crippen molar-refractivity contribution in [1.29, 1.82) is 0 Å². The van der Waals surface area contributed by atoms with Crippen LogP contribution in [0, 0.1) is 6.92 Å². The monoisotopic (exact) mass is 296 g/mol. The third-order valence-corrected chi connectivity index (χ3v) is 2.84. The molecule has 1 rings (SSSR count). The van der Waals surface area contributed by atoms with Crippen molar-refractivity contribution in [1.82, 2.24) is 10.3 Å². The zero-order valence-corrected chi connectivity index (χ0v) is 12.7. The Hall–Kier alpha value is -1.73. The van der Waals surface area contributed by atoms with Crippen LogP contribution in [0.15, 0.2) is 12.1 Å². The van der Waals surface area contributed by atoms with Crippen LogP contribution in [0.4, 0.5) is 5.82 Å². The maximum atomic E-state index is 11.8. The molecule has 6 nitrogen and oxygen atoms in total. The van der Waals surface area contributed by atoms with E-state index in [1.165, 1.54) is 0 Å². The molecular weight excluding hydrogens is 276 g/mol. The van der Waals surface area contributed by atoms with Crippen LogP contribution in [0.3, 0.4) is 0 Å². The van der Waals surface area contributed by atoms with Crippen molar-refractivity contribution in [3.63, 3.8) is 0 Å². The Labute approximate surface area is 124 Å². The largest absolute Gasteiger partial charge is 0.389 e. The van der Waals surface area contributed by atoms with Crippen LogP contribution in [0.1, 0.15) is 18.2 Å². The molecule has 0 fully saturated rings. The van der Waals surface area contributed by atoms with E-state index in [9.17, 15) is 4.79 Å². The summed E-state index contributed by atoms with van der Waals surface area (Å²) in [6.45, 7) is 4.55. The molecule has 0 aromatic carbocycles. The first kappa shape index (κ1) is 16.3. The number of amides is 1. The van der Waals surface area contributed by atoms with Crippen molar-refractivity contribution in [3.8, 4) is 0 Å². The van der Waals surface area contributed by atoms with E-state index < -0.39 is 6.04 Å². The van der Waals surface area contributed by atoms with Crippen LogP contribution in [-0.4, -0.2) is 42.2 Å². The van der Waals surface area contributed by atoms with Gasteiger partial charge in [0.15, 0.2) is 0 Å². The zero-order valence-electron chi connectivity index (χ0n) is 11.9. The summed E-state index contributed by atoms with van der Waals surface area (Å²) in [6, 6.07) is 3.12. The van der Waals surface area contributed by atoms with E-state index in [1.807, 2.05) is 6.92 Å². The van der Waals surface area contributed by atoms with Crippen molar-refractivity contribution < 1.29 is 9.53 Å². The molecule has 0 aliphatic rings. The number of carbonyl (C=O) groups is 1. The normalized spacial score (nSPS) is 11.8. The van der Waals surface area contributed by atoms with E-state index in [0.717, 1.165) is 11.3 Å². The van der Waals surface area contributed by atoms with E-state index in [-0.39, 0.29) is 5.91 Å². The summed E-state index contributed by atoms with van der Waals surface area (Å²) >= 11 is 4.95. The number of nitrogens with one attached hydrogen (secondary N) is 2. The van der Waals surface area contributed by atoms with Gasteiger partial charge in [0.2, 0.25) is 5.91 Å². The van der Waals surface area contributed by atoms with Crippen LogP contribution < -0.4 is 16.4 Å². The predicted molar refractivity (Wildman–Crippen MR) is 82.8 cm³/mol. The fourth-order valence-electron chi connectivity index (χ4n) is 1.60. The Bertz CT molecular complexity index is 493. The highest BCUT2D eigenvalue weighted by Gasteiger charge is 2.13. The van der Waals surface area contributed by atoms with Crippen molar-refractivity contribution >= 4 is 28.9 Å². The fourth-order valence-corrected chi connectivity index (χ4v) is 1.72. The fraction of sp³-hybridized carbons (Fsp3) is 0.462. The Balaban J connectivity index is 2.67. The van der Waals surface area contributed by atoms with E-state index in [4.69, 9.17) is 22.7 Å². The summed E-state index contributed by atoms with van der Waals surface area (Å²) in [6.07, 6.45) is 0. The molecule has 1 amide bonds. The molecule has 1 heterocycles. The number of hydrogen-bond acceptors (Lipinski definition) is 5. The summed E-state index contributed by atoms with van der Waals surface area (Å²) in [5, 5.41) is 5.78. The molecule has 0 aliphatic carbocycles. The quantitative estimate of drug-likeness (QED) is 0.504. The second-order valence-corrected chi connectivity index (χ2v) is 4.84. The first-order valence-electron chi connectivity index (χ1n) is 6.25. The van der Waals surface area contributed by atoms with Gasteiger partial charge >= 0.3 is 0 Å². The minimum atomic E-state index is -0.416. The molecule has 1 atom stereocenters. The smallest absolute Gasteiger partial charge is 0.242 e. The summed E-state index contributed by atoms with van der Waals surface area (Å²) < 4.78 is 4.87. The van der Waals surface area contributed by atoms with Gasteiger partial charge in [0.05, 0.1) is 6.61 Å². The summed E-state index contributed by atoms with van der Waals surface area (Å²) in [4.78, 5) is 16.4. The molecule has 110 valence electrons. The number of anilines is 1. The number of nitrogens with two attached hydrogens (primary N) is 1. The Kier molecular flexibility index (Phi) is 6.33. The van der Waals surface area contributed by atoms with Crippen LogP contribution in [-0.2, 0) is 9.53 Å². The third kappa shape index (κ3) is 5.10. The second-order valence-electron chi connectivity index (χ2n) is 4.40. The molecule has 7 heteroatoms. The summed E-state index contributed by atoms with van der Waals surface area (Å²) in [7, 11) is 1.59. The molecule has 0 bridgehead atoms. The van der Waals surface area contributed by atoms with E-state index >= 15 is 0 Å². The Morgan fingerprint density at radius 2 is 2.25 bits per heavy atom. The minimum Gasteiger partial charge on any atom is -0.389 e. The minimum absolute atomic E-state index is 0.123. The Morgan fingerprint density at radius 1 is 1.55 bits per heavy atom. The first-order chi connectivity index (χ1) is 9.43. The van der Waals surface area contributed by atoms with Gasteiger partial charge in [-0.2, -0.15) is 0 Å². The third-order valence-electron chi connectivity index (χ3n) is 2.60. The van der Waals surface area contributed by atoms with Crippen molar-refractivity contribution in [2.24, 2.45) is 5.73 Å². The number of aryl methyl sites for hydroxylation is 1. The summed E-state index contributed by atoms with van der Waals surface area (Å²) in [5.41, 5.74) is 7.11. The van der Waals surface area contributed by atoms with Gasteiger partial charge in [0.1, 0.15) is 16.8 Å².